The molecule has 5 heteroatoms. The van der Waals surface area contributed by atoms with E-state index >= 15 is 0 Å². The molecule has 1 aromatic carbocycles. The van der Waals surface area contributed by atoms with Crippen LogP contribution in [0.5, 0.6) is 0 Å². The van der Waals surface area contributed by atoms with Crippen LogP contribution in [0.2, 0.25) is 0 Å². The van der Waals surface area contributed by atoms with Crippen LogP contribution in [-0.4, -0.2) is 75.3 Å². The van der Waals surface area contributed by atoms with Gasteiger partial charge in [0.1, 0.15) is 0 Å². The molecule has 0 unspecified atom stereocenters. The van der Waals surface area contributed by atoms with Crippen molar-refractivity contribution in [2.24, 2.45) is 4.99 Å². The Morgan fingerprint density at radius 2 is 1.89 bits per heavy atom. The van der Waals surface area contributed by atoms with Gasteiger partial charge in [-0.1, -0.05) is 42.5 Å². The zero-order chi connectivity index (χ0) is 19.2. The normalized spacial score (nSPS) is 16.2. The van der Waals surface area contributed by atoms with Crippen molar-refractivity contribution in [2.45, 2.75) is 26.2 Å². The summed E-state index contributed by atoms with van der Waals surface area (Å²) >= 11 is 0. The molecule has 1 aliphatic heterocycles. The Bertz CT molecular complexity index is 551. The molecule has 0 spiro atoms. The monoisotopic (exact) mass is 372 g/mol. The minimum absolute atomic E-state index is 0.852. The molecule has 0 amide bonds. The fraction of sp³-hybridized carbons (Fsp3) is 0.591. The van der Waals surface area contributed by atoms with Gasteiger partial charge >= 0.3 is 0 Å². The molecule has 1 aliphatic rings. The SMILES string of the molecule is CCNC(=NCCCCCOC)N1CCN(C/C=C/c2ccccc2)CC1. The Kier molecular flexibility index (Phi) is 10.6. The van der Waals surface area contributed by atoms with Crippen molar-refractivity contribution in [3.05, 3.63) is 42.0 Å². The van der Waals surface area contributed by atoms with Crippen LogP contribution in [0.3, 0.4) is 0 Å². The van der Waals surface area contributed by atoms with E-state index in [1.54, 1.807) is 7.11 Å². The molecule has 150 valence electrons. The molecular formula is C22H36N4O. The zero-order valence-corrected chi connectivity index (χ0v) is 17.1. The maximum absolute atomic E-state index is 5.10. The van der Waals surface area contributed by atoms with Crippen molar-refractivity contribution in [3.8, 4) is 0 Å². The largest absolute Gasteiger partial charge is 0.385 e. The quantitative estimate of drug-likeness (QED) is 0.389. The average Bonchev–Trinajstić information content (AvgIpc) is 2.71. The van der Waals surface area contributed by atoms with E-state index < -0.39 is 0 Å². The van der Waals surface area contributed by atoms with Gasteiger partial charge in [0.05, 0.1) is 0 Å². The summed E-state index contributed by atoms with van der Waals surface area (Å²) in [4.78, 5) is 9.72. The maximum atomic E-state index is 5.10. The number of piperazine rings is 1. The Balaban J connectivity index is 1.71. The molecule has 0 aliphatic carbocycles. The standard InChI is InChI=1S/C22H36N4O/c1-3-23-22(24-14-8-5-9-20-27-2)26-18-16-25(17-19-26)15-10-13-21-11-6-4-7-12-21/h4,6-7,10-13H,3,5,8-9,14-20H2,1-2H3,(H,23,24)/b13-10+. The molecule has 1 saturated heterocycles. The molecule has 2 rings (SSSR count). The van der Waals surface area contributed by atoms with Gasteiger partial charge in [0.15, 0.2) is 5.96 Å². The number of nitrogens with zero attached hydrogens (tertiary/aromatic N) is 3. The molecule has 0 saturated carbocycles. The van der Waals surface area contributed by atoms with Crippen LogP contribution >= 0.6 is 0 Å². The molecule has 1 heterocycles. The number of methoxy groups -OCH3 is 1. The Morgan fingerprint density at radius 3 is 2.59 bits per heavy atom. The number of nitrogens with one attached hydrogen (secondary N) is 1. The molecular weight excluding hydrogens is 336 g/mol. The van der Waals surface area contributed by atoms with E-state index in [9.17, 15) is 0 Å². The third-order valence-electron chi connectivity index (χ3n) is 4.75. The number of ether oxygens (including phenoxy) is 1. The van der Waals surface area contributed by atoms with Crippen LogP contribution in [0.25, 0.3) is 6.08 Å². The number of unbranched alkanes of at least 4 members (excludes halogenated alkanes) is 2. The summed E-state index contributed by atoms with van der Waals surface area (Å²) in [6, 6.07) is 10.5. The number of hydrogen-bond acceptors (Lipinski definition) is 3. The molecule has 1 N–H and O–H groups in total. The Morgan fingerprint density at radius 1 is 1.11 bits per heavy atom. The van der Waals surface area contributed by atoms with Gasteiger partial charge in [0.25, 0.3) is 0 Å². The highest BCUT2D eigenvalue weighted by molar-refractivity contribution is 5.80. The number of hydrogen-bond donors (Lipinski definition) is 1. The highest BCUT2D eigenvalue weighted by Crippen LogP contribution is 2.05. The summed E-state index contributed by atoms with van der Waals surface area (Å²) in [7, 11) is 1.76. The van der Waals surface area contributed by atoms with E-state index in [1.807, 2.05) is 0 Å². The van der Waals surface area contributed by atoms with Crippen LogP contribution in [0.15, 0.2) is 41.4 Å². The van der Waals surface area contributed by atoms with Gasteiger partial charge in [-0.15, -0.1) is 0 Å². The van der Waals surface area contributed by atoms with E-state index in [0.29, 0.717) is 0 Å². The zero-order valence-electron chi connectivity index (χ0n) is 17.1. The first-order chi connectivity index (χ1) is 13.3. The van der Waals surface area contributed by atoms with Gasteiger partial charge in [-0.25, -0.2) is 0 Å². The van der Waals surface area contributed by atoms with Crippen molar-refractivity contribution in [3.63, 3.8) is 0 Å². The van der Waals surface area contributed by atoms with Gasteiger partial charge in [-0.05, 0) is 31.7 Å². The lowest BCUT2D eigenvalue weighted by molar-refractivity contribution is 0.192. The molecule has 1 aromatic rings. The predicted molar refractivity (Wildman–Crippen MR) is 115 cm³/mol. The highest BCUT2D eigenvalue weighted by atomic mass is 16.5. The second-order valence-corrected chi connectivity index (χ2v) is 6.89. The van der Waals surface area contributed by atoms with Crippen LogP contribution in [-0.2, 0) is 4.74 Å². The number of rotatable bonds is 10. The topological polar surface area (TPSA) is 40.1 Å². The lowest BCUT2D eigenvalue weighted by Gasteiger charge is -2.36. The fourth-order valence-electron chi connectivity index (χ4n) is 3.19. The van der Waals surface area contributed by atoms with Crippen molar-refractivity contribution in [1.29, 1.82) is 0 Å². The van der Waals surface area contributed by atoms with Crippen LogP contribution in [0.4, 0.5) is 0 Å². The van der Waals surface area contributed by atoms with E-state index in [-0.39, 0.29) is 0 Å². The lowest BCUT2D eigenvalue weighted by atomic mass is 10.2. The summed E-state index contributed by atoms with van der Waals surface area (Å²) in [6.45, 7) is 10.0. The fourth-order valence-corrected chi connectivity index (χ4v) is 3.19. The first-order valence-electron chi connectivity index (χ1n) is 10.3. The Labute approximate surface area is 165 Å². The van der Waals surface area contributed by atoms with Crippen molar-refractivity contribution >= 4 is 12.0 Å². The summed E-state index contributed by atoms with van der Waals surface area (Å²) in [5.74, 6) is 1.07. The maximum Gasteiger partial charge on any atom is 0.194 e. The van der Waals surface area contributed by atoms with E-state index in [4.69, 9.17) is 9.73 Å². The minimum Gasteiger partial charge on any atom is -0.385 e. The van der Waals surface area contributed by atoms with Gasteiger partial charge in [0.2, 0.25) is 0 Å². The van der Waals surface area contributed by atoms with Crippen LogP contribution in [0.1, 0.15) is 31.7 Å². The predicted octanol–water partition coefficient (Wildman–Crippen LogP) is 3.10. The summed E-state index contributed by atoms with van der Waals surface area (Å²) in [5.41, 5.74) is 1.27. The van der Waals surface area contributed by atoms with Crippen LogP contribution in [0, 0.1) is 0 Å². The molecule has 0 bridgehead atoms. The summed E-state index contributed by atoms with van der Waals surface area (Å²) < 4.78 is 5.10. The van der Waals surface area contributed by atoms with Gasteiger partial charge in [-0.2, -0.15) is 0 Å². The molecule has 0 atom stereocenters. The third-order valence-corrected chi connectivity index (χ3v) is 4.75. The second kappa shape index (κ2) is 13.3. The molecule has 5 nitrogen and oxygen atoms in total. The van der Waals surface area contributed by atoms with E-state index in [1.165, 1.54) is 12.0 Å². The molecule has 1 fully saturated rings. The smallest absolute Gasteiger partial charge is 0.194 e. The van der Waals surface area contributed by atoms with Crippen molar-refractivity contribution < 1.29 is 4.74 Å². The van der Waals surface area contributed by atoms with Crippen molar-refractivity contribution in [1.82, 2.24) is 15.1 Å². The third kappa shape index (κ3) is 8.59. The van der Waals surface area contributed by atoms with E-state index in [2.05, 4.69) is 64.5 Å². The average molecular weight is 373 g/mol. The number of aliphatic imine (C=N–C) groups is 1. The van der Waals surface area contributed by atoms with Gasteiger partial charge in [0, 0.05) is 59.5 Å². The highest BCUT2D eigenvalue weighted by Gasteiger charge is 2.18. The first kappa shape index (κ1) is 21.5. The number of guanidine groups is 1. The second-order valence-electron chi connectivity index (χ2n) is 6.89. The minimum atomic E-state index is 0.852. The molecule has 27 heavy (non-hydrogen) atoms. The van der Waals surface area contributed by atoms with E-state index in [0.717, 1.165) is 71.2 Å². The number of benzene rings is 1. The van der Waals surface area contributed by atoms with Gasteiger partial charge in [-0.3, -0.25) is 9.89 Å². The van der Waals surface area contributed by atoms with Gasteiger partial charge < -0.3 is 15.0 Å². The molecule has 0 radical (unpaired) electrons. The first-order valence-corrected chi connectivity index (χ1v) is 10.3. The molecule has 0 aromatic heterocycles. The Hall–Kier alpha value is -1.85. The van der Waals surface area contributed by atoms with Crippen LogP contribution < -0.4 is 5.32 Å². The lowest BCUT2D eigenvalue weighted by Crippen LogP contribution is -2.52. The summed E-state index contributed by atoms with van der Waals surface area (Å²) in [6.07, 6.45) is 7.91. The van der Waals surface area contributed by atoms with Crippen molar-refractivity contribution in [2.75, 3.05) is 59.5 Å². The summed E-state index contributed by atoms with van der Waals surface area (Å²) in [5, 5.41) is 3.45.